The number of fused-ring (bicyclic) bond motifs is 1. The number of anilines is 2. The number of aromatic nitrogens is 1. The Morgan fingerprint density at radius 3 is 2.46 bits per heavy atom. The molecule has 2 N–H and O–H groups in total. The molecule has 0 spiro atoms. The van der Waals surface area contributed by atoms with Gasteiger partial charge in [0, 0.05) is 59.8 Å². The number of imide groups is 1. The van der Waals surface area contributed by atoms with E-state index in [0.29, 0.717) is 16.7 Å². The van der Waals surface area contributed by atoms with Crippen LogP contribution >= 0.6 is 11.3 Å². The summed E-state index contributed by atoms with van der Waals surface area (Å²) in [4.78, 5) is 35.2. The first kappa shape index (κ1) is 23.0. The zero-order valence-electron chi connectivity index (χ0n) is 19.7. The van der Waals surface area contributed by atoms with Crippen LogP contribution in [0.3, 0.4) is 0 Å². The Morgan fingerprint density at radius 1 is 0.971 bits per heavy atom. The maximum Gasteiger partial charge on any atom is 0.260 e. The van der Waals surface area contributed by atoms with Crippen molar-refractivity contribution >= 4 is 52.3 Å². The summed E-state index contributed by atoms with van der Waals surface area (Å²) in [6.45, 7) is 6.10. The summed E-state index contributed by atoms with van der Waals surface area (Å²) in [7, 11) is 2.15. The highest BCUT2D eigenvalue weighted by Crippen LogP contribution is 2.27. The highest BCUT2D eigenvalue weighted by atomic mass is 32.1. The molecule has 3 aromatic rings. The summed E-state index contributed by atoms with van der Waals surface area (Å²) >= 11 is 1.57. The molecule has 0 saturated carbocycles. The van der Waals surface area contributed by atoms with Crippen LogP contribution in [-0.4, -0.2) is 54.9 Å². The zero-order chi connectivity index (χ0) is 24.4. The van der Waals surface area contributed by atoms with E-state index >= 15 is 0 Å². The number of likely N-dealkylation sites (N-methyl/N-ethyl adjacent to an activating group) is 1. The van der Waals surface area contributed by atoms with Gasteiger partial charge in [0.15, 0.2) is 0 Å². The number of hydrogen-bond acceptors (Lipinski definition) is 7. The lowest BCUT2D eigenvalue weighted by molar-refractivity contribution is -0.114. The summed E-state index contributed by atoms with van der Waals surface area (Å²) in [6, 6.07) is 13.7. The van der Waals surface area contributed by atoms with E-state index in [0.717, 1.165) is 48.0 Å². The summed E-state index contributed by atoms with van der Waals surface area (Å²) < 4.78 is 0. The quantitative estimate of drug-likeness (QED) is 0.419. The topological polar surface area (TPSA) is 77.6 Å². The van der Waals surface area contributed by atoms with Crippen molar-refractivity contribution in [3.8, 4) is 0 Å². The van der Waals surface area contributed by atoms with Crippen molar-refractivity contribution < 1.29 is 9.59 Å². The molecule has 0 unspecified atom stereocenters. The molecule has 35 heavy (non-hydrogen) atoms. The zero-order valence-corrected chi connectivity index (χ0v) is 20.6. The van der Waals surface area contributed by atoms with Crippen LogP contribution in [0, 0.1) is 6.92 Å². The Balaban J connectivity index is 1.37. The molecule has 1 saturated heterocycles. The number of piperazine rings is 1. The van der Waals surface area contributed by atoms with Gasteiger partial charge in [-0.2, -0.15) is 0 Å². The van der Waals surface area contributed by atoms with E-state index in [1.165, 1.54) is 5.69 Å². The van der Waals surface area contributed by atoms with Crippen LogP contribution in [0.2, 0.25) is 0 Å². The van der Waals surface area contributed by atoms with Crippen LogP contribution in [0.15, 0.2) is 54.2 Å². The largest absolute Gasteiger partial charge is 0.369 e. The lowest BCUT2D eigenvalue weighted by Gasteiger charge is -2.34. The highest BCUT2D eigenvalue weighted by Gasteiger charge is 2.27. The number of amides is 2. The number of nitrogens with one attached hydrogen (secondary N) is 2. The van der Waals surface area contributed by atoms with Gasteiger partial charge in [-0.25, -0.2) is 4.98 Å². The number of carbonyl (C=O) groups is 2. The van der Waals surface area contributed by atoms with Gasteiger partial charge in [0.25, 0.3) is 11.8 Å². The van der Waals surface area contributed by atoms with Crippen molar-refractivity contribution in [2.45, 2.75) is 6.92 Å². The average Bonchev–Trinajstić information content (AvgIpc) is 3.28. The van der Waals surface area contributed by atoms with Crippen molar-refractivity contribution in [1.82, 2.24) is 15.2 Å². The van der Waals surface area contributed by atoms with Crippen LogP contribution in [0.25, 0.3) is 17.7 Å². The Bertz CT molecular complexity index is 1320. The number of rotatable bonds is 5. The van der Waals surface area contributed by atoms with Gasteiger partial charge in [-0.3, -0.25) is 14.9 Å². The fourth-order valence-corrected chi connectivity index (χ4v) is 4.92. The Kier molecular flexibility index (Phi) is 6.48. The third-order valence-corrected chi connectivity index (χ3v) is 7.28. The van der Waals surface area contributed by atoms with Crippen LogP contribution in [-0.2, 0) is 4.79 Å². The van der Waals surface area contributed by atoms with Gasteiger partial charge < -0.3 is 15.1 Å². The maximum atomic E-state index is 12.7. The van der Waals surface area contributed by atoms with Crippen LogP contribution in [0.1, 0.15) is 32.1 Å². The summed E-state index contributed by atoms with van der Waals surface area (Å²) in [5, 5.41) is 5.67. The number of thiazole rings is 1. The van der Waals surface area contributed by atoms with E-state index in [1.807, 2.05) is 48.9 Å². The van der Waals surface area contributed by atoms with Crippen LogP contribution in [0.4, 0.5) is 11.4 Å². The minimum Gasteiger partial charge on any atom is -0.369 e. The fraction of sp³-hybridized carbons (Fsp3) is 0.222. The van der Waals surface area contributed by atoms with E-state index in [9.17, 15) is 9.59 Å². The van der Waals surface area contributed by atoms with Crippen molar-refractivity contribution in [1.29, 1.82) is 0 Å². The predicted octanol–water partition coefficient (Wildman–Crippen LogP) is 4.10. The molecule has 2 aliphatic rings. The number of benzene rings is 2. The van der Waals surface area contributed by atoms with Gasteiger partial charge in [0.2, 0.25) is 0 Å². The Labute approximate surface area is 208 Å². The molecule has 5 rings (SSSR count). The second-order valence-electron chi connectivity index (χ2n) is 8.76. The monoisotopic (exact) mass is 485 g/mol. The molecule has 7 nitrogen and oxygen atoms in total. The lowest BCUT2D eigenvalue weighted by atomic mass is 9.93. The van der Waals surface area contributed by atoms with Crippen LogP contribution < -0.4 is 15.5 Å². The predicted molar refractivity (Wildman–Crippen MR) is 142 cm³/mol. The number of carbonyl (C=O) groups excluding carboxylic acids is 2. The SMILES string of the molecule is Cc1ncsc1/C=C/c1ccc2c(c1)/C(=C/Nc1ccc(N3CCN(C)CC3)cc1)C(=O)NC2=O. The van der Waals surface area contributed by atoms with Crippen molar-refractivity contribution in [3.63, 3.8) is 0 Å². The first-order valence-corrected chi connectivity index (χ1v) is 12.4. The number of nitrogens with zero attached hydrogens (tertiary/aromatic N) is 3. The molecular weight excluding hydrogens is 458 g/mol. The molecule has 1 fully saturated rings. The van der Waals surface area contributed by atoms with Gasteiger partial charge in [0.1, 0.15) is 0 Å². The van der Waals surface area contributed by atoms with E-state index in [2.05, 4.69) is 44.6 Å². The smallest absolute Gasteiger partial charge is 0.260 e. The first-order chi connectivity index (χ1) is 17.0. The van der Waals surface area contributed by atoms with Gasteiger partial charge in [-0.15, -0.1) is 11.3 Å². The molecule has 0 aliphatic carbocycles. The van der Waals surface area contributed by atoms with Crippen LogP contribution in [0.5, 0.6) is 0 Å². The van der Waals surface area contributed by atoms with E-state index in [1.54, 1.807) is 23.6 Å². The third-order valence-electron chi connectivity index (χ3n) is 6.38. The van der Waals surface area contributed by atoms with Gasteiger partial charge in [0.05, 0.1) is 16.8 Å². The fourth-order valence-electron chi connectivity index (χ4n) is 4.22. The molecule has 178 valence electrons. The number of aryl methyl sites for hydroxylation is 1. The molecule has 1 aromatic heterocycles. The summed E-state index contributed by atoms with van der Waals surface area (Å²) in [5.41, 5.74) is 7.27. The van der Waals surface area contributed by atoms with E-state index in [-0.39, 0.29) is 5.91 Å². The molecule has 0 bridgehead atoms. The molecule has 0 radical (unpaired) electrons. The van der Waals surface area contributed by atoms with Crippen molar-refractivity contribution in [2.24, 2.45) is 0 Å². The van der Waals surface area contributed by atoms with Gasteiger partial charge in [-0.1, -0.05) is 12.1 Å². The maximum absolute atomic E-state index is 12.7. The Morgan fingerprint density at radius 2 is 1.74 bits per heavy atom. The first-order valence-electron chi connectivity index (χ1n) is 11.6. The molecule has 8 heteroatoms. The normalized spacial score (nSPS) is 17.7. The van der Waals surface area contributed by atoms with E-state index in [4.69, 9.17) is 0 Å². The highest BCUT2D eigenvalue weighted by molar-refractivity contribution is 7.10. The second-order valence-corrected chi connectivity index (χ2v) is 9.65. The Hall–Kier alpha value is -3.75. The second kappa shape index (κ2) is 9.85. The van der Waals surface area contributed by atoms with Gasteiger partial charge in [-0.05, 0) is 62.0 Å². The minimum absolute atomic E-state index is 0.382. The third kappa shape index (κ3) is 5.03. The number of hydrogen-bond donors (Lipinski definition) is 2. The minimum atomic E-state index is -0.413. The summed E-state index contributed by atoms with van der Waals surface area (Å²) in [6.07, 6.45) is 5.65. The summed E-state index contributed by atoms with van der Waals surface area (Å²) in [5.74, 6) is -0.795. The standard InChI is InChI=1S/C27H27N5O2S/c1-18-25(35-17-29-18)10-4-19-3-9-22-23(15-19)24(27(34)30-26(22)33)16-28-20-5-7-21(8-6-20)32-13-11-31(2)12-14-32/h3-10,15-17,28H,11-14H2,1-2H3,(H,30,33,34)/b10-4+,24-16-. The average molecular weight is 486 g/mol. The molecule has 3 heterocycles. The molecule has 2 aromatic carbocycles. The lowest BCUT2D eigenvalue weighted by Crippen LogP contribution is -2.44. The van der Waals surface area contributed by atoms with Crippen molar-refractivity contribution in [3.05, 3.63) is 81.4 Å². The van der Waals surface area contributed by atoms with Crippen molar-refractivity contribution in [2.75, 3.05) is 43.4 Å². The molecule has 2 aliphatic heterocycles. The van der Waals surface area contributed by atoms with E-state index < -0.39 is 5.91 Å². The molecule has 2 amide bonds. The van der Waals surface area contributed by atoms with Gasteiger partial charge >= 0.3 is 0 Å². The molecule has 0 atom stereocenters. The molecular formula is C27H27N5O2S.